The van der Waals surface area contributed by atoms with Crippen molar-refractivity contribution in [1.29, 1.82) is 0 Å². The van der Waals surface area contributed by atoms with Crippen LogP contribution in [0.1, 0.15) is 38.3 Å². The summed E-state index contributed by atoms with van der Waals surface area (Å²) in [5.41, 5.74) is 1.20. The van der Waals surface area contributed by atoms with Gasteiger partial charge in [0, 0.05) is 36.7 Å². The van der Waals surface area contributed by atoms with Crippen LogP contribution in [0.4, 0.5) is 23.4 Å². The lowest BCUT2D eigenvalue weighted by atomic mass is 10.1. The summed E-state index contributed by atoms with van der Waals surface area (Å²) < 4.78 is 55.7. The Morgan fingerprint density at radius 1 is 1.24 bits per heavy atom. The second-order valence-corrected chi connectivity index (χ2v) is 6.90. The van der Waals surface area contributed by atoms with Gasteiger partial charge in [0.2, 0.25) is 5.91 Å². The number of amides is 1. The zero-order chi connectivity index (χ0) is 21.5. The number of rotatable bonds is 5. The van der Waals surface area contributed by atoms with Gasteiger partial charge in [-0.1, -0.05) is 0 Å². The summed E-state index contributed by atoms with van der Waals surface area (Å²) >= 11 is 0. The van der Waals surface area contributed by atoms with Crippen molar-refractivity contribution in [2.75, 3.05) is 5.32 Å². The van der Waals surface area contributed by atoms with Crippen molar-refractivity contribution in [3.8, 4) is 11.3 Å². The lowest BCUT2D eigenvalue weighted by molar-refractivity contribution is -0.114. The molecule has 10 heteroatoms. The molecule has 0 aliphatic rings. The maximum Gasteiger partial charge on any atom is 0.303 e. The highest BCUT2D eigenvalue weighted by atomic mass is 19.3. The summed E-state index contributed by atoms with van der Waals surface area (Å²) in [6, 6.07) is 1.82. The summed E-state index contributed by atoms with van der Waals surface area (Å²) in [5, 5.41) is 2.97. The SMILES string of the molecule is CC(=O)Nc1cc2c(-c3cc(C)nc(C(C)(F)F)n3)cn(C(C)C(F)F)c2cn1. The molecule has 0 aromatic carbocycles. The summed E-state index contributed by atoms with van der Waals surface area (Å²) in [6.07, 6.45) is 0.128. The van der Waals surface area contributed by atoms with Crippen LogP contribution in [0, 0.1) is 6.92 Å². The van der Waals surface area contributed by atoms with E-state index in [4.69, 9.17) is 0 Å². The van der Waals surface area contributed by atoms with E-state index < -0.39 is 24.2 Å². The average Bonchev–Trinajstić information content (AvgIpc) is 2.98. The van der Waals surface area contributed by atoms with E-state index in [9.17, 15) is 22.4 Å². The number of carbonyl (C=O) groups is 1. The molecule has 3 aromatic heterocycles. The first-order valence-corrected chi connectivity index (χ1v) is 8.78. The lowest BCUT2D eigenvalue weighted by Gasteiger charge is -2.13. The van der Waals surface area contributed by atoms with Gasteiger partial charge in [-0.2, -0.15) is 8.78 Å². The van der Waals surface area contributed by atoms with Gasteiger partial charge in [0.25, 0.3) is 6.43 Å². The molecule has 0 bridgehead atoms. The third-order valence-corrected chi connectivity index (χ3v) is 4.35. The van der Waals surface area contributed by atoms with Crippen molar-refractivity contribution in [3.05, 3.63) is 36.0 Å². The number of aromatic nitrogens is 4. The number of hydrogen-bond acceptors (Lipinski definition) is 4. The van der Waals surface area contributed by atoms with Gasteiger partial charge in [-0.15, -0.1) is 0 Å². The largest absolute Gasteiger partial charge is 0.337 e. The number of anilines is 1. The minimum Gasteiger partial charge on any atom is -0.337 e. The molecule has 1 amide bonds. The minimum atomic E-state index is -3.27. The summed E-state index contributed by atoms with van der Waals surface area (Å²) in [5.74, 6) is -4.07. The van der Waals surface area contributed by atoms with Gasteiger partial charge >= 0.3 is 5.92 Å². The van der Waals surface area contributed by atoms with Crippen molar-refractivity contribution >= 4 is 22.6 Å². The first-order chi connectivity index (χ1) is 13.5. The number of halogens is 4. The van der Waals surface area contributed by atoms with E-state index in [0.717, 1.165) is 0 Å². The van der Waals surface area contributed by atoms with Crippen molar-refractivity contribution in [3.63, 3.8) is 0 Å². The Morgan fingerprint density at radius 3 is 2.52 bits per heavy atom. The first kappa shape index (κ1) is 20.7. The second-order valence-electron chi connectivity index (χ2n) is 6.90. The Balaban J connectivity index is 2.28. The normalized spacial score (nSPS) is 13.1. The smallest absolute Gasteiger partial charge is 0.303 e. The van der Waals surface area contributed by atoms with Crippen molar-refractivity contribution < 1.29 is 22.4 Å². The molecule has 0 saturated heterocycles. The molecule has 3 heterocycles. The predicted octanol–water partition coefficient (Wildman–Crippen LogP) is 4.70. The molecule has 1 atom stereocenters. The summed E-state index contributed by atoms with van der Waals surface area (Å²) in [7, 11) is 0. The summed E-state index contributed by atoms with van der Waals surface area (Å²) in [4.78, 5) is 23.2. The van der Waals surface area contributed by atoms with E-state index in [2.05, 4.69) is 20.3 Å². The standard InChI is InChI=1S/C19H19F4N5O/c1-9-5-14(27-18(25-9)19(4,22)23)13-8-28(10(2)17(20)21)15-7-24-16(6-12(13)15)26-11(3)29/h5-8,10,17H,1-4H3,(H,24,26,29). The van der Waals surface area contributed by atoms with Gasteiger partial charge in [-0.05, 0) is 26.0 Å². The van der Waals surface area contributed by atoms with Crippen LogP contribution in [-0.4, -0.2) is 31.9 Å². The topological polar surface area (TPSA) is 72.7 Å². The van der Waals surface area contributed by atoms with Crippen LogP contribution in [-0.2, 0) is 10.7 Å². The third kappa shape index (κ3) is 4.20. The molecular weight excluding hydrogens is 390 g/mol. The number of carbonyl (C=O) groups excluding carboxylic acids is 1. The van der Waals surface area contributed by atoms with E-state index in [1.807, 2.05) is 0 Å². The molecular formula is C19H19F4N5O. The van der Waals surface area contributed by atoms with Crippen molar-refractivity contribution in [2.45, 2.75) is 46.1 Å². The molecule has 0 radical (unpaired) electrons. The van der Waals surface area contributed by atoms with Gasteiger partial charge < -0.3 is 9.88 Å². The van der Waals surface area contributed by atoms with E-state index in [0.29, 0.717) is 29.1 Å². The molecule has 3 aromatic rings. The predicted molar refractivity (Wildman–Crippen MR) is 100 cm³/mol. The zero-order valence-corrected chi connectivity index (χ0v) is 16.2. The molecule has 0 fully saturated rings. The highest BCUT2D eigenvalue weighted by Gasteiger charge is 2.30. The second kappa shape index (κ2) is 7.41. The monoisotopic (exact) mass is 409 g/mol. The minimum absolute atomic E-state index is 0.166. The van der Waals surface area contributed by atoms with Gasteiger partial charge in [0.05, 0.1) is 23.4 Å². The molecule has 1 unspecified atom stereocenters. The third-order valence-electron chi connectivity index (χ3n) is 4.35. The Labute approximate surface area is 164 Å². The first-order valence-electron chi connectivity index (χ1n) is 8.78. The Bertz CT molecular complexity index is 1070. The molecule has 1 N–H and O–H groups in total. The molecule has 6 nitrogen and oxygen atoms in total. The Hall–Kier alpha value is -3.04. The zero-order valence-electron chi connectivity index (χ0n) is 16.2. The van der Waals surface area contributed by atoms with Gasteiger partial charge in [0.1, 0.15) is 5.82 Å². The molecule has 29 heavy (non-hydrogen) atoms. The fraction of sp³-hybridized carbons (Fsp3) is 0.368. The van der Waals surface area contributed by atoms with Crippen LogP contribution in [0.2, 0.25) is 0 Å². The average molecular weight is 409 g/mol. The Morgan fingerprint density at radius 2 is 1.93 bits per heavy atom. The van der Waals surface area contributed by atoms with Gasteiger partial charge in [-0.3, -0.25) is 4.79 Å². The van der Waals surface area contributed by atoms with Crippen LogP contribution < -0.4 is 5.32 Å². The van der Waals surface area contributed by atoms with E-state index >= 15 is 0 Å². The van der Waals surface area contributed by atoms with E-state index in [1.165, 1.54) is 42.9 Å². The van der Waals surface area contributed by atoms with Gasteiger partial charge in [0.15, 0.2) is 5.82 Å². The maximum atomic E-state index is 13.8. The number of alkyl halides is 4. The van der Waals surface area contributed by atoms with Gasteiger partial charge in [-0.25, -0.2) is 23.7 Å². The van der Waals surface area contributed by atoms with Crippen LogP contribution in [0.25, 0.3) is 22.2 Å². The van der Waals surface area contributed by atoms with Crippen molar-refractivity contribution in [2.24, 2.45) is 0 Å². The number of pyridine rings is 1. The molecule has 0 aliphatic carbocycles. The number of nitrogens with zero attached hydrogens (tertiary/aromatic N) is 4. The number of nitrogens with one attached hydrogen (secondary N) is 1. The van der Waals surface area contributed by atoms with Crippen LogP contribution >= 0.6 is 0 Å². The number of aryl methyl sites for hydroxylation is 1. The number of fused-ring (bicyclic) bond motifs is 1. The highest BCUT2D eigenvalue weighted by molar-refractivity contribution is 5.98. The van der Waals surface area contributed by atoms with Crippen molar-refractivity contribution in [1.82, 2.24) is 19.5 Å². The summed E-state index contributed by atoms with van der Waals surface area (Å²) in [6.45, 7) is 4.88. The van der Waals surface area contributed by atoms with E-state index in [1.54, 1.807) is 6.92 Å². The molecule has 3 rings (SSSR count). The molecule has 0 aliphatic heterocycles. The quantitative estimate of drug-likeness (QED) is 0.620. The highest BCUT2D eigenvalue weighted by Crippen LogP contribution is 2.35. The molecule has 0 spiro atoms. The maximum absolute atomic E-state index is 13.8. The van der Waals surface area contributed by atoms with Crippen LogP contribution in [0.3, 0.4) is 0 Å². The fourth-order valence-corrected chi connectivity index (χ4v) is 2.96. The fourth-order valence-electron chi connectivity index (χ4n) is 2.96. The molecule has 0 saturated carbocycles. The molecule has 154 valence electrons. The number of hydrogen-bond donors (Lipinski definition) is 1. The van der Waals surface area contributed by atoms with E-state index in [-0.39, 0.29) is 17.4 Å². The Kier molecular flexibility index (Phi) is 5.29. The van der Waals surface area contributed by atoms with Crippen LogP contribution in [0.5, 0.6) is 0 Å². The van der Waals surface area contributed by atoms with Crippen LogP contribution in [0.15, 0.2) is 24.5 Å². The lowest BCUT2D eigenvalue weighted by Crippen LogP contribution is -2.14.